The molecule has 122 valence electrons. The van der Waals surface area contributed by atoms with Gasteiger partial charge in [0.15, 0.2) is 5.76 Å². The number of hydrogen-bond acceptors (Lipinski definition) is 4. The number of rotatable bonds is 4. The van der Waals surface area contributed by atoms with E-state index in [9.17, 15) is 9.90 Å². The number of likely N-dealkylation sites (tertiary alicyclic amines) is 1. The Labute approximate surface area is 131 Å². The lowest BCUT2D eigenvalue weighted by Gasteiger charge is -2.36. The van der Waals surface area contributed by atoms with E-state index in [0.29, 0.717) is 18.1 Å². The summed E-state index contributed by atoms with van der Waals surface area (Å²) >= 11 is 0. The molecule has 0 spiro atoms. The molecular formula is C17H25NO4. The lowest BCUT2D eigenvalue weighted by Crippen LogP contribution is -2.45. The van der Waals surface area contributed by atoms with E-state index in [-0.39, 0.29) is 24.0 Å². The topological polar surface area (TPSA) is 62.9 Å². The van der Waals surface area contributed by atoms with Crippen LogP contribution in [-0.2, 0) is 11.3 Å². The van der Waals surface area contributed by atoms with Gasteiger partial charge in [0, 0.05) is 25.6 Å². The number of ether oxygens (including phenoxy) is 1. The molecule has 0 unspecified atom stereocenters. The molecule has 1 aromatic rings. The predicted octanol–water partition coefficient (Wildman–Crippen LogP) is 2.58. The third-order valence-corrected chi connectivity index (χ3v) is 4.99. The quantitative estimate of drug-likeness (QED) is 0.928. The minimum atomic E-state index is -0.271. The summed E-state index contributed by atoms with van der Waals surface area (Å²) in [4.78, 5) is 14.6. The molecule has 2 aliphatic rings. The minimum Gasteiger partial charge on any atom is -0.453 e. The SMILES string of the molecule is COCc1ccc(C(=O)N2CCC[C@@H]2[C@@H]2CCCC[C@H]2O)o1. The number of methoxy groups -OCH3 is 1. The predicted molar refractivity (Wildman–Crippen MR) is 81.4 cm³/mol. The highest BCUT2D eigenvalue weighted by atomic mass is 16.5. The van der Waals surface area contributed by atoms with E-state index in [4.69, 9.17) is 9.15 Å². The van der Waals surface area contributed by atoms with Crippen molar-refractivity contribution in [1.29, 1.82) is 0 Å². The summed E-state index contributed by atoms with van der Waals surface area (Å²) in [6.45, 7) is 1.13. The van der Waals surface area contributed by atoms with Crippen molar-refractivity contribution in [3.63, 3.8) is 0 Å². The summed E-state index contributed by atoms with van der Waals surface area (Å²) in [5.74, 6) is 1.21. The smallest absolute Gasteiger partial charge is 0.289 e. The molecule has 2 heterocycles. The summed E-state index contributed by atoms with van der Waals surface area (Å²) in [7, 11) is 1.60. The highest BCUT2D eigenvalue weighted by Crippen LogP contribution is 2.35. The molecule has 5 heteroatoms. The average Bonchev–Trinajstić information content (AvgIpc) is 3.16. The van der Waals surface area contributed by atoms with Crippen LogP contribution in [0.15, 0.2) is 16.5 Å². The summed E-state index contributed by atoms with van der Waals surface area (Å²) in [5, 5.41) is 10.3. The first-order chi connectivity index (χ1) is 10.7. The van der Waals surface area contributed by atoms with Gasteiger partial charge in [-0.1, -0.05) is 12.8 Å². The van der Waals surface area contributed by atoms with E-state index in [1.165, 1.54) is 0 Å². The summed E-state index contributed by atoms with van der Waals surface area (Å²) in [5.41, 5.74) is 0. The van der Waals surface area contributed by atoms with Crippen LogP contribution in [0.5, 0.6) is 0 Å². The highest BCUT2D eigenvalue weighted by molar-refractivity contribution is 5.92. The van der Waals surface area contributed by atoms with Crippen LogP contribution in [-0.4, -0.2) is 41.7 Å². The maximum absolute atomic E-state index is 12.7. The first-order valence-electron chi connectivity index (χ1n) is 8.27. The fourth-order valence-corrected chi connectivity index (χ4v) is 3.93. The summed E-state index contributed by atoms with van der Waals surface area (Å²) < 4.78 is 10.6. The van der Waals surface area contributed by atoms with Crippen LogP contribution in [0, 0.1) is 5.92 Å². The van der Waals surface area contributed by atoms with Gasteiger partial charge < -0.3 is 19.2 Å². The molecule has 1 aliphatic carbocycles. The Bertz CT molecular complexity index is 513. The number of nitrogens with zero attached hydrogens (tertiary/aromatic N) is 1. The zero-order valence-electron chi connectivity index (χ0n) is 13.2. The van der Waals surface area contributed by atoms with Gasteiger partial charge >= 0.3 is 0 Å². The zero-order valence-corrected chi connectivity index (χ0v) is 13.2. The third kappa shape index (κ3) is 3.06. The van der Waals surface area contributed by atoms with Crippen molar-refractivity contribution in [2.75, 3.05) is 13.7 Å². The monoisotopic (exact) mass is 307 g/mol. The van der Waals surface area contributed by atoms with Crippen LogP contribution < -0.4 is 0 Å². The maximum atomic E-state index is 12.7. The molecule has 2 fully saturated rings. The van der Waals surface area contributed by atoms with Crippen molar-refractivity contribution in [2.24, 2.45) is 5.92 Å². The Hall–Kier alpha value is -1.33. The van der Waals surface area contributed by atoms with Crippen molar-refractivity contribution in [3.05, 3.63) is 23.7 Å². The highest BCUT2D eigenvalue weighted by Gasteiger charge is 2.39. The van der Waals surface area contributed by atoms with Crippen LogP contribution in [0.2, 0.25) is 0 Å². The Kier molecular flexibility index (Phi) is 4.84. The molecule has 5 nitrogen and oxygen atoms in total. The molecular weight excluding hydrogens is 282 g/mol. The second-order valence-electron chi connectivity index (χ2n) is 6.42. The van der Waals surface area contributed by atoms with Crippen LogP contribution >= 0.6 is 0 Å². The normalized spacial score (nSPS) is 29.0. The van der Waals surface area contributed by atoms with E-state index in [2.05, 4.69) is 0 Å². The number of carbonyl (C=O) groups is 1. The van der Waals surface area contributed by atoms with Gasteiger partial charge in [-0.15, -0.1) is 0 Å². The maximum Gasteiger partial charge on any atom is 0.289 e. The Morgan fingerprint density at radius 1 is 1.32 bits per heavy atom. The molecule has 0 bridgehead atoms. The van der Waals surface area contributed by atoms with Gasteiger partial charge in [0.05, 0.1) is 6.10 Å². The van der Waals surface area contributed by atoms with Gasteiger partial charge in [-0.3, -0.25) is 4.79 Å². The molecule has 1 amide bonds. The molecule has 1 aromatic heterocycles. The molecule has 1 N–H and O–H groups in total. The van der Waals surface area contributed by atoms with Crippen molar-refractivity contribution >= 4 is 5.91 Å². The summed E-state index contributed by atoms with van der Waals surface area (Å²) in [6.07, 6.45) is 5.85. The number of furan rings is 1. The van der Waals surface area contributed by atoms with Gasteiger partial charge in [-0.25, -0.2) is 0 Å². The fraction of sp³-hybridized carbons (Fsp3) is 0.706. The first-order valence-corrected chi connectivity index (χ1v) is 8.27. The van der Waals surface area contributed by atoms with Crippen LogP contribution in [0.1, 0.15) is 54.8 Å². The van der Waals surface area contributed by atoms with E-state index in [0.717, 1.165) is 45.1 Å². The minimum absolute atomic E-state index is 0.0531. The molecule has 22 heavy (non-hydrogen) atoms. The molecule has 3 rings (SSSR count). The number of carbonyl (C=O) groups excluding carboxylic acids is 1. The molecule has 0 radical (unpaired) electrons. The number of amides is 1. The van der Waals surface area contributed by atoms with E-state index in [1.54, 1.807) is 19.2 Å². The van der Waals surface area contributed by atoms with E-state index in [1.807, 2.05) is 4.90 Å². The fourth-order valence-electron chi connectivity index (χ4n) is 3.93. The Balaban J connectivity index is 1.72. The lowest BCUT2D eigenvalue weighted by molar-refractivity contribution is 0.0198. The largest absolute Gasteiger partial charge is 0.453 e. The lowest BCUT2D eigenvalue weighted by atomic mass is 9.80. The van der Waals surface area contributed by atoms with Gasteiger partial charge in [0.25, 0.3) is 5.91 Å². The van der Waals surface area contributed by atoms with Crippen LogP contribution in [0.25, 0.3) is 0 Å². The number of aliphatic hydroxyl groups excluding tert-OH is 1. The second kappa shape index (κ2) is 6.84. The summed E-state index contributed by atoms with van der Waals surface area (Å²) in [6, 6.07) is 3.67. The first kappa shape index (κ1) is 15.6. The van der Waals surface area contributed by atoms with Crippen LogP contribution in [0.3, 0.4) is 0 Å². The number of aliphatic hydroxyl groups is 1. The van der Waals surface area contributed by atoms with E-state index < -0.39 is 0 Å². The van der Waals surface area contributed by atoms with Gasteiger partial charge in [-0.2, -0.15) is 0 Å². The van der Waals surface area contributed by atoms with Crippen molar-refractivity contribution in [1.82, 2.24) is 4.90 Å². The standard InChI is InChI=1S/C17H25NO4/c1-21-11-12-8-9-16(22-12)17(20)18-10-4-6-14(18)13-5-2-3-7-15(13)19/h8-9,13-15,19H,2-7,10-11H2,1H3/t13-,14+,15+/m0/s1. The van der Waals surface area contributed by atoms with Gasteiger partial charge in [-0.05, 0) is 37.8 Å². The zero-order chi connectivity index (χ0) is 15.5. The molecule has 3 atom stereocenters. The second-order valence-corrected chi connectivity index (χ2v) is 6.42. The number of hydrogen-bond donors (Lipinski definition) is 1. The Morgan fingerprint density at radius 3 is 2.91 bits per heavy atom. The van der Waals surface area contributed by atoms with Crippen molar-refractivity contribution in [2.45, 2.75) is 57.3 Å². The van der Waals surface area contributed by atoms with Gasteiger partial charge in [0.2, 0.25) is 0 Å². The average molecular weight is 307 g/mol. The molecule has 1 saturated heterocycles. The van der Waals surface area contributed by atoms with Crippen molar-refractivity contribution < 1.29 is 19.1 Å². The molecule has 1 aliphatic heterocycles. The van der Waals surface area contributed by atoms with E-state index >= 15 is 0 Å². The van der Waals surface area contributed by atoms with Crippen molar-refractivity contribution in [3.8, 4) is 0 Å². The molecule has 0 aromatic carbocycles. The third-order valence-electron chi connectivity index (χ3n) is 4.99. The van der Waals surface area contributed by atoms with Gasteiger partial charge in [0.1, 0.15) is 12.4 Å². The van der Waals surface area contributed by atoms with Crippen LogP contribution in [0.4, 0.5) is 0 Å². The Morgan fingerprint density at radius 2 is 2.14 bits per heavy atom. The molecule has 1 saturated carbocycles.